The van der Waals surface area contributed by atoms with E-state index in [2.05, 4.69) is 10.3 Å². The first-order valence-corrected chi connectivity index (χ1v) is 9.04. The number of pyridine rings is 1. The average molecular weight is 372 g/mol. The van der Waals surface area contributed by atoms with Gasteiger partial charge >= 0.3 is 0 Å². The largest absolute Gasteiger partial charge is 0.383 e. The summed E-state index contributed by atoms with van der Waals surface area (Å²) in [6.07, 6.45) is 1.76. The van der Waals surface area contributed by atoms with Gasteiger partial charge in [-0.25, -0.2) is 9.97 Å². The van der Waals surface area contributed by atoms with Crippen molar-refractivity contribution in [1.29, 1.82) is 0 Å². The molecule has 0 bridgehead atoms. The minimum Gasteiger partial charge on any atom is -0.383 e. The Bertz CT molecular complexity index is 1090. The lowest BCUT2D eigenvalue weighted by atomic mass is 10.1. The van der Waals surface area contributed by atoms with Gasteiger partial charge in [0.1, 0.15) is 11.3 Å². The number of carbonyl (C=O) groups is 1. The number of methoxy groups -OCH3 is 1. The van der Waals surface area contributed by atoms with E-state index in [-0.39, 0.29) is 5.91 Å². The highest BCUT2D eigenvalue weighted by Crippen LogP contribution is 2.27. The number of hydrogen-bond donors (Lipinski definition) is 1. The van der Waals surface area contributed by atoms with Crippen LogP contribution < -0.4 is 5.32 Å². The number of nitrogens with zero attached hydrogens (tertiary/aromatic N) is 3. The number of aromatic nitrogens is 3. The fourth-order valence-electron chi connectivity index (χ4n) is 3.07. The van der Waals surface area contributed by atoms with E-state index in [1.165, 1.54) is 0 Å². The Hall–Kier alpha value is -3.51. The van der Waals surface area contributed by atoms with Crippen LogP contribution in [0.5, 0.6) is 0 Å². The SMILES string of the molecule is COCCNC(=O)c1ccc(-n2c(-c3ccccc3)nc3cccnc32)cc1. The van der Waals surface area contributed by atoms with Crippen molar-refractivity contribution in [2.75, 3.05) is 20.3 Å². The Morgan fingerprint density at radius 2 is 1.82 bits per heavy atom. The summed E-state index contributed by atoms with van der Waals surface area (Å²) < 4.78 is 6.97. The highest BCUT2D eigenvalue weighted by Gasteiger charge is 2.15. The lowest BCUT2D eigenvalue weighted by Gasteiger charge is -2.10. The molecule has 140 valence electrons. The normalized spacial score (nSPS) is 10.9. The molecule has 0 saturated heterocycles. The van der Waals surface area contributed by atoms with Crippen molar-refractivity contribution in [3.63, 3.8) is 0 Å². The Morgan fingerprint density at radius 1 is 1.04 bits per heavy atom. The molecule has 0 radical (unpaired) electrons. The number of fused-ring (bicyclic) bond motifs is 1. The third kappa shape index (κ3) is 3.50. The third-order valence-electron chi connectivity index (χ3n) is 4.43. The predicted octanol–water partition coefficient (Wildman–Crippen LogP) is 3.46. The fourth-order valence-corrected chi connectivity index (χ4v) is 3.07. The molecule has 0 spiro atoms. The second-order valence-electron chi connectivity index (χ2n) is 6.28. The molecule has 0 saturated carbocycles. The summed E-state index contributed by atoms with van der Waals surface area (Å²) in [7, 11) is 1.61. The Morgan fingerprint density at radius 3 is 2.57 bits per heavy atom. The minimum absolute atomic E-state index is 0.125. The number of hydrogen-bond acceptors (Lipinski definition) is 4. The van der Waals surface area contributed by atoms with E-state index in [1.54, 1.807) is 25.4 Å². The smallest absolute Gasteiger partial charge is 0.251 e. The van der Waals surface area contributed by atoms with Crippen LogP contribution in [0.3, 0.4) is 0 Å². The van der Waals surface area contributed by atoms with E-state index in [4.69, 9.17) is 9.72 Å². The minimum atomic E-state index is -0.125. The van der Waals surface area contributed by atoms with Gasteiger partial charge < -0.3 is 10.1 Å². The summed E-state index contributed by atoms with van der Waals surface area (Å²) in [5, 5.41) is 2.83. The van der Waals surface area contributed by atoms with Crippen molar-refractivity contribution in [2.24, 2.45) is 0 Å². The van der Waals surface area contributed by atoms with Crippen LogP contribution in [0.25, 0.3) is 28.2 Å². The van der Waals surface area contributed by atoms with Crippen LogP contribution >= 0.6 is 0 Å². The van der Waals surface area contributed by atoms with Crippen molar-refractivity contribution in [3.8, 4) is 17.1 Å². The summed E-state index contributed by atoms with van der Waals surface area (Å²) in [5.41, 5.74) is 4.09. The summed E-state index contributed by atoms with van der Waals surface area (Å²) in [6, 6.07) is 21.3. The maximum absolute atomic E-state index is 12.2. The zero-order valence-electron chi connectivity index (χ0n) is 15.5. The highest BCUT2D eigenvalue weighted by atomic mass is 16.5. The van der Waals surface area contributed by atoms with Crippen LogP contribution in [0.4, 0.5) is 0 Å². The molecule has 0 aliphatic rings. The van der Waals surface area contributed by atoms with Gasteiger partial charge in [0.25, 0.3) is 5.91 Å². The molecule has 2 heterocycles. The molecule has 4 aromatic rings. The molecule has 0 unspecified atom stereocenters. The summed E-state index contributed by atoms with van der Waals surface area (Å²) in [6.45, 7) is 0.961. The van der Waals surface area contributed by atoms with Crippen LogP contribution in [-0.4, -0.2) is 40.7 Å². The van der Waals surface area contributed by atoms with Crippen LogP contribution in [0.2, 0.25) is 0 Å². The van der Waals surface area contributed by atoms with Crippen LogP contribution in [0, 0.1) is 0 Å². The van der Waals surface area contributed by atoms with Crippen LogP contribution in [0.15, 0.2) is 72.9 Å². The fraction of sp³-hybridized carbons (Fsp3) is 0.136. The second kappa shape index (κ2) is 8.02. The van der Waals surface area contributed by atoms with E-state index >= 15 is 0 Å². The van der Waals surface area contributed by atoms with E-state index in [0.717, 1.165) is 28.2 Å². The zero-order chi connectivity index (χ0) is 19.3. The molecule has 1 N–H and O–H groups in total. The number of nitrogens with one attached hydrogen (secondary N) is 1. The number of benzene rings is 2. The molecule has 0 aliphatic heterocycles. The summed E-state index contributed by atoms with van der Waals surface area (Å²) in [4.78, 5) is 21.5. The molecule has 4 rings (SSSR count). The maximum atomic E-state index is 12.2. The van der Waals surface area contributed by atoms with Gasteiger partial charge in [0.15, 0.2) is 5.65 Å². The van der Waals surface area contributed by atoms with Gasteiger partial charge in [-0.05, 0) is 36.4 Å². The summed E-state index contributed by atoms with van der Waals surface area (Å²) in [5.74, 6) is 0.687. The Labute approximate surface area is 162 Å². The lowest BCUT2D eigenvalue weighted by molar-refractivity contribution is 0.0937. The molecule has 0 fully saturated rings. The molecule has 28 heavy (non-hydrogen) atoms. The monoisotopic (exact) mass is 372 g/mol. The van der Waals surface area contributed by atoms with Crippen molar-refractivity contribution >= 4 is 17.1 Å². The van der Waals surface area contributed by atoms with Crippen molar-refractivity contribution in [2.45, 2.75) is 0 Å². The van der Waals surface area contributed by atoms with Gasteiger partial charge in [0.05, 0.1) is 6.61 Å². The molecule has 6 heteroatoms. The Kier molecular flexibility index (Phi) is 5.12. The van der Waals surface area contributed by atoms with Crippen LogP contribution in [-0.2, 0) is 4.74 Å². The first-order chi connectivity index (χ1) is 13.8. The van der Waals surface area contributed by atoms with Gasteiger partial charge in [-0.3, -0.25) is 9.36 Å². The summed E-state index contributed by atoms with van der Waals surface area (Å²) >= 11 is 0. The maximum Gasteiger partial charge on any atom is 0.251 e. The molecule has 2 aromatic carbocycles. The topological polar surface area (TPSA) is 69.0 Å². The van der Waals surface area contributed by atoms with Gasteiger partial charge in [-0.1, -0.05) is 30.3 Å². The quantitative estimate of drug-likeness (QED) is 0.526. The van der Waals surface area contributed by atoms with E-state index in [1.807, 2.05) is 59.2 Å². The van der Waals surface area contributed by atoms with E-state index < -0.39 is 0 Å². The number of amides is 1. The first-order valence-electron chi connectivity index (χ1n) is 9.04. The van der Waals surface area contributed by atoms with Gasteiger partial charge in [0.2, 0.25) is 0 Å². The van der Waals surface area contributed by atoms with Crippen molar-refractivity contribution in [3.05, 3.63) is 78.5 Å². The molecule has 0 atom stereocenters. The molecule has 0 aliphatic carbocycles. The van der Waals surface area contributed by atoms with E-state index in [0.29, 0.717) is 18.7 Å². The average Bonchev–Trinajstić information content (AvgIpc) is 3.14. The first kappa shape index (κ1) is 17.9. The van der Waals surface area contributed by atoms with E-state index in [9.17, 15) is 4.79 Å². The molecule has 2 aromatic heterocycles. The zero-order valence-corrected chi connectivity index (χ0v) is 15.5. The highest BCUT2D eigenvalue weighted by molar-refractivity contribution is 5.94. The van der Waals surface area contributed by atoms with Crippen molar-refractivity contribution in [1.82, 2.24) is 19.9 Å². The molecular weight excluding hydrogens is 352 g/mol. The predicted molar refractivity (Wildman–Crippen MR) is 109 cm³/mol. The molecule has 1 amide bonds. The lowest BCUT2D eigenvalue weighted by Crippen LogP contribution is -2.26. The Balaban J connectivity index is 1.74. The third-order valence-corrected chi connectivity index (χ3v) is 4.43. The molecular formula is C22H20N4O2. The molecule has 6 nitrogen and oxygen atoms in total. The van der Waals surface area contributed by atoms with Crippen LogP contribution in [0.1, 0.15) is 10.4 Å². The second-order valence-corrected chi connectivity index (χ2v) is 6.28. The number of ether oxygens (including phenoxy) is 1. The number of carbonyl (C=O) groups excluding carboxylic acids is 1. The van der Waals surface area contributed by atoms with Crippen molar-refractivity contribution < 1.29 is 9.53 Å². The van der Waals surface area contributed by atoms with Gasteiger partial charge in [-0.2, -0.15) is 0 Å². The van der Waals surface area contributed by atoms with Gasteiger partial charge in [-0.15, -0.1) is 0 Å². The number of rotatable bonds is 6. The standard InChI is InChI=1S/C22H20N4O2/c1-28-15-14-24-22(27)17-9-11-18(12-10-17)26-20(16-6-3-2-4-7-16)25-19-8-5-13-23-21(19)26/h2-13H,14-15H2,1H3,(H,24,27). The van der Waals surface area contributed by atoms with Gasteiger partial charge in [0, 0.05) is 36.7 Å². The number of imidazole rings is 1.